The molecule has 6 nitrogen and oxygen atoms in total. The van der Waals surface area contributed by atoms with Gasteiger partial charge in [-0.25, -0.2) is 9.48 Å². The van der Waals surface area contributed by atoms with Crippen molar-refractivity contribution in [1.29, 1.82) is 0 Å². The number of rotatable bonds is 4. The van der Waals surface area contributed by atoms with Crippen LogP contribution in [0.3, 0.4) is 0 Å². The summed E-state index contributed by atoms with van der Waals surface area (Å²) in [5.74, 6) is 0.963. The lowest BCUT2D eigenvalue weighted by atomic mass is 10.0. The number of carboxylic acid groups (broad SMARTS) is 1. The smallest absolute Gasteiger partial charge is 0.407 e. The van der Waals surface area contributed by atoms with Gasteiger partial charge in [0.05, 0.1) is 11.2 Å². The number of aromatic nitrogens is 2. The van der Waals surface area contributed by atoms with Crippen molar-refractivity contribution in [2.45, 2.75) is 83.8 Å². The summed E-state index contributed by atoms with van der Waals surface area (Å²) < 4.78 is 1.86. The Bertz CT molecular complexity index is 561. The molecule has 1 amide bonds. The van der Waals surface area contributed by atoms with E-state index in [1.807, 2.05) is 24.6 Å². The second kappa shape index (κ2) is 6.42. The molecular formula is C17H30N4O2. The van der Waals surface area contributed by atoms with E-state index in [0.29, 0.717) is 5.82 Å². The largest absolute Gasteiger partial charge is 0.465 e. The van der Waals surface area contributed by atoms with Crippen LogP contribution in [0, 0.1) is 0 Å². The maximum Gasteiger partial charge on any atom is 0.407 e. The van der Waals surface area contributed by atoms with Crippen LogP contribution in [0.5, 0.6) is 0 Å². The summed E-state index contributed by atoms with van der Waals surface area (Å²) in [6, 6.07) is 2.08. The van der Waals surface area contributed by atoms with Crippen LogP contribution in [0.15, 0.2) is 6.07 Å². The van der Waals surface area contributed by atoms with Crippen molar-refractivity contribution in [1.82, 2.24) is 14.7 Å². The van der Waals surface area contributed by atoms with Crippen LogP contribution in [-0.2, 0) is 5.54 Å². The summed E-state index contributed by atoms with van der Waals surface area (Å²) in [6.07, 6.45) is 2.70. The second-order valence-corrected chi connectivity index (χ2v) is 7.69. The van der Waals surface area contributed by atoms with Gasteiger partial charge in [0.25, 0.3) is 0 Å². The molecule has 1 aliphatic rings. The van der Waals surface area contributed by atoms with Gasteiger partial charge in [-0.2, -0.15) is 5.10 Å². The molecule has 2 rings (SSSR count). The zero-order valence-electron chi connectivity index (χ0n) is 14.9. The summed E-state index contributed by atoms with van der Waals surface area (Å²) in [7, 11) is 0. The number of carbonyl (C=O) groups is 1. The molecule has 0 saturated heterocycles. The van der Waals surface area contributed by atoms with Gasteiger partial charge >= 0.3 is 6.09 Å². The molecule has 1 unspecified atom stereocenters. The third-order valence-electron chi connectivity index (χ3n) is 4.89. The SMILES string of the molecule is CCC(C)N(C(=O)O)[C@@H]1CC[C@H](c2cc(N)n(C(C)(C)C)n2)C1. The van der Waals surface area contributed by atoms with Crippen LogP contribution in [0.4, 0.5) is 10.6 Å². The molecule has 0 aliphatic heterocycles. The fourth-order valence-corrected chi connectivity index (χ4v) is 3.53. The van der Waals surface area contributed by atoms with Crippen molar-refractivity contribution in [2.75, 3.05) is 5.73 Å². The van der Waals surface area contributed by atoms with Crippen molar-refractivity contribution in [3.05, 3.63) is 11.8 Å². The Labute approximate surface area is 138 Å². The average Bonchev–Trinajstić information content (AvgIpc) is 3.04. The van der Waals surface area contributed by atoms with Crippen molar-refractivity contribution in [2.24, 2.45) is 0 Å². The third-order valence-corrected chi connectivity index (χ3v) is 4.89. The Kier molecular flexibility index (Phi) is 4.92. The van der Waals surface area contributed by atoms with E-state index in [1.165, 1.54) is 0 Å². The fourth-order valence-electron chi connectivity index (χ4n) is 3.53. The van der Waals surface area contributed by atoms with E-state index in [2.05, 4.69) is 20.8 Å². The molecule has 1 aromatic heterocycles. The number of amides is 1. The fraction of sp³-hybridized carbons (Fsp3) is 0.765. The van der Waals surface area contributed by atoms with Gasteiger partial charge in [-0.15, -0.1) is 0 Å². The number of nitrogens with zero attached hydrogens (tertiary/aromatic N) is 3. The van der Waals surface area contributed by atoms with Crippen LogP contribution >= 0.6 is 0 Å². The first kappa shape index (κ1) is 17.6. The summed E-state index contributed by atoms with van der Waals surface area (Å²) in [5, 5.41) is 14.2. The Morgan fingerprint density at radius 3 is 2.65 bits per heavy atom. The van der Waals surface area contributed by atoms with Gasteiger partial charge in [-0.3, -0.25) is 0 Å². The second-order valence-electron chi connectivity index (χ2n) is 7.69. The van der Waals surface area contributed by atoms with Crippen molar-refractivity contribution in [3.63, 3.8) is 0 Å². The number of nitrogens with two attached hydrogens (primary N) is 1. The van der Waals surface area contributed by atoms with Crippen molar-refractivity contribution >= 4 is 11.9 Å². The van der Waals surface area contributed by atoms with Crippen molar-refractivity contribution in [3.8, 4) is 0 Å². The Hall–Kier alpha value is -1.72. The first-order valence-corrected chi connectivity index (χ1v) is 8.52. The molecule has 1 aliphatic carbocycles. The van der Waals surface area contributed by atoms with Gasteiger partial charge < -0.3 is 15.7 Å². The molecule has 1 fully saturated rings. The van der Waals surface area contributed by atoms with Gasteiger partial charge in [0.2, 0.25) is 0 Å². The molecule has 0 radical (unpaired) electrons. The zero-order chi connectivity index (χ0) is 17.4. The highest BCUT2D eigenvalue weighted by molar-refractivity contribution is 5.66. The minimum atomic E-state index is -0.815. The number of nitrogen functional groups attached to an aromatic ring is 1. The Balaban J connectivity index is 2.15. The summed E-state index contributed by atoms with van der Waals surface area (Å²) in [6.45, 7) is 10.2. The molecule has 3 N–H and O–H groups in total. The van der Waals surface area contributed by atoms with Crippen LogP contribution < -0.4 is 5.73 Å². The quantitative estimate of drug-likeness (QED) is 0.886. The average molecular weight is 322 g/mol. The Morgan fingerprint density at radius 1 is 1.52 bits per heavy atom. The normalized spacial score (nSPS) is 23.0. The predicted octanol–water partition coefficient (Wildman–Crippen LogP) is 3.63. The maximum absolute atomic E-state index is 11.6. The minimum absolute atomic E-state index is 0.0495. The lowest BCUT2D eigenvalue weighted by Crippen LogP contribution is -2.44. The van der Waals surface area contributed by atoms with Crippen LogP contribution in [-0.4, -0.2) is 38.0 Å². The molecular weight excluding hydrogens is 292 g/mol. The molecule has 3 atom stereocenters. The molecule has 130 valence electrons. The summed E-state index contributed by atoms with van der Waals surface area (Å²) in [4.78, 5) is 13.2. The van der Waals surface area contributed by atoms with Gasteiger partial charge in [0.1, 0.15) is 5.82 Å². The monoisotopic (exact) mass is 322 g/mol. The van der Waals surface area contributed by atoms with Crippen molar-refractivity contribution < 1.29 is 9.90 Å². The minimum Gasteiger partial charge on any atom is -0.465 e. The third kappa shape index (κ3) is 3.62. The molecule has 23 heavy (non-hydrogen) atoms. The van der Waals surface area contributed by atoms with Crippen LogP contribution in [0.2, 0.25) is 0 Å². The van der Waals surface area contributed by atoms with E-state index in [-0.39, 0.29) is 23.5 Å². The molecule has 1 heterocycles. The topological polar surface area (TPSA) is 84.4 Å². The highest BCUT2D eigenvalue weighted by Gasteiger charge is 2.36. The number of anilines is 1. The summed E-state index contributed by atoms with van der Waals surface area (Å²) >= 11 is 0. The molecule has 0 spiro atoms. The first-order chi connectivity index (χ1) is 10.6. The molecule has 0 bridgehead atoms. The van der Waals surface area contributed by atoms with Gasteiger partial charge in [-0.05, 0) is 53.4 Å². The van der Waals surface area contributed by atoms with E-state index in [9.17, 15) is 9.90 Å². The predicted molar refractivity (Wildman–Crippen MR) is 91.6 cm³/mol. The molecule has 6 heteroatoms. The molecule has 1 aromatic rings. The highest BCUT2D eigenvalue weighted by Crippen LogP contribution is 2.38. The Morgan fingerprint density at radius 2 is 2.17 bits per heavy atom. The zero-order valence-corrected chi connectivity index (χ0v) is 14.9. The summed E-state index contributed by atoms with van der Waals surface area (Å²) in [5.41, 5.74) is 6.95. The standard InChI is InChI=1S/C17H30N4O2/c1-6-11(2)20(16(22)23)13-8-7-12(9-13)14-10-15(18)21(19-14)17(3,4)5/h10-13H,6-9,18H2,1-5H3,(H,22,23)/t11?,12-,13+/m0/s1. The van der Waals surface area contributed by atoms with E-state index in [4.69, 9.17) is 10.8 Å². The van der Waals surface area contributed by atoms with Crippen LogP contribution in [0.25, 0.3) is 0 Å². The number of hydrogen-bond donors (Lipinski definition) is 2. The maximum atomic E-state index is 11.6. The van der Waals surface area contributed by atoms with Gasteiger partial charge in [0.15, 0.2) is 0 Å². The van der Waals surface area contributed by atoms with E-state index >= 15 is 0 Å². The highest BCUT2D eigenvalue weighted by atomic mass is 16.4. The lowest BCUT2D eigenvalue weighted by Gasteiger charge is -2.31. The molecule has 1 saturated carbocycles. The lowest BCUT2D eigenvalue weighted by molar-refractivity contribution is 0.102. The van der Waals surface area contributed by atoms with E-state index in [0.717, 1.165) is 31.4 Å². The van der Waals surface area contributed by atoms with Crippen LogP contribution in [0.1, 0.15) is 71.9 Å². The van der Waals surface area contributed by atoms with Gasteiger partial charge in [-0.1, -0.05) is 6.92 Å². The van der Waals surface area contributed by atoms with Gasteiger partial charge in [0, 0.05) is 24.1 Å². The van der Waals surface area contributed by atoms with E-state index in [1.54, 1.807) is 4.90 Å². The first-order valence-electron chi connectivity index (χ1n) is 8.52. The molecule has 0 aromatic carbocycles. The van der Waals surface area contributed by atoms with E-state index < -0.39 is 6.09 Å². The number of hydrogen-bond acceptors (Lipinski definition) is 3.